The van der Waals surface area contributed by atoms with Gasteiger partial charge in [0.1, 0.15) is 0 Å². The molecule has 2 fully saturated rings. The normalized spacial score (nSPS) is 25.4. The molecule has 122 valence electrons. The number of piperidine rings is 1. The van der Waals surface area contributed by atoms with E-state index in [4.69, 9.17) is 4.52 Å². The van der Waals surface area contributed by atoms with Crippen molar-refractivity contribution < 1.29 is 9.32 Å². The number of carbonyl (C=O) groups excluding carboxylic acids is 1. The fourth-order valence-corrected chi connectivity index (χ4v) is 3.52. The third-order valence-electron chi connectivity index (χ3n) is 4.77. The van der Waals surface area contributed by atoms with Crippen molar-refractivity contribution in [2.75, 3.05) is 13.1 Å². The molecule has 2 atom stereocenters. The zero-order valence-electron chi connectivity index (χ0n) is 13.5. The summed E-state index contributed by atoms with van der Waals surface area (Å²) in [6.07, 6.45) is 5.82. The predicted molar refractivity (Wildman–Crippen MR) is 82.5 cm³/mol. The molecule has 0 saturated carbocycles. The number of nitrogens with zero attached hydrogens (tertiary/aromatic N) is 3. The Bertz CT molecular complexity index is 514. The molecule has 1 N–H and O–H groups in total. The molecule has 1 amide bonds. The first-order valence-electron chi connectivity index (χ1n) is 8.49. The molecule has 0 unspecified atom stereocenters. The molecular weight excluding hydrogens is 280 g/mol. The molecule has 1 aromatic rings. The second-order valence-electron chi connectivity index (χ2n) is 6.76. The summed E-state index contributed by atoms with van der Waals surface area (Å²) in [7, 11) is 0. The van der Waals surface area contributed by atoms with Crippen LogP contribution in [-0.2, 0) is 11.2 Å². The van der Waals surface area contributed by atoms with E-state index in [1.807, 2.05) is 13.8 Å². The number of rotatable bonds is 5. The first kappa shape index (κ1) is 15.5. The summed E-state index contributed by atoms with van der Waals surface area (Å²) >= 11 is 0. The fraction of sp³-hybridized carbons (Fsp3) is 0.812. The van der Waals surface area contributed by atoms with Crippen molar-refractivity contribution in [3.8, 4) is 0 Å². The summed E-state index contributed by atoms with van der Waals surface area (Å²) in [4.78, 5) is 19.0. The van der Waals surface area contributed by atoms with Crippen molar-refractivity contribution in [1.29, 1.82) is 0 Å². The molecule has 0 aliphatic carbocycles. The molecule has 2 aliphatic rings. The lowest BCUT2D eigenvalue weighted by Gasteiger charge is -2.32. The van der Waals surface area contributed by atoms with Crippen LogP contribution in [0.4, 0.5) is 0 Å². The number of carbonyl (C=O) groups is 1. The van der Waals surface area contributed by atoms with Crippen molar-refractivity contribution in [3.63, 3.8) is 0 Å². The Labute approximate surface area is 131 Å². The minimum atomic E-state index is 0.0988. The van der Waals surface area contributed by atoms with Crippen LogP contribution in [0.1, 0.15) is 63.6 Å². The van der Waals surface area contributed by atoms with E-state index in [2.05, 4.69) is 20.4 Å². The highest BCUT2D eigenvalue weighted by Crippen LogP contribution is 2.27. The molecule has 6 heteroatoms. The van der Waals surface area contributed by atoms with Gasteiger partial charge < -0.3 is 9.84 Å². The number of amides is 1. The van der Waals surface area contributed by atoms with E-state index < -0.39 is 0 Å². The van der Waals surface area contributed by atoms with E-state index in [0.717, 1.165) is 13.0 Å². The maximum absolute atomic E-state index is 12.2. The van der Waals surface area contributed by atoms with E-state index in [1.54, 1.807) is 0 Å². The Hall–Kier alpha value is -1.43. The zero-order valence-corrected chi connectivity index (χ0v) is 13.5. The van der Waals surface area contributed by atoms with Crippen molar-refractivity contribution in [3.05, 3.63) is 11.7 Å². The molecule has 6 nitrogen and oxygen atoms in total. The van der Waals surface area contributed by atoms with Gasteiger partial charge in [0.05, 0.1) is 0 Å². The first-order chi connectivity index (χ1) is 10.6. The van der Waals surface area contributed by atoms with Gasteiger partial charge in [0.25, 0.3) is 0 Å². The molecule has 2 aliphatic heterocycles. The van der Waals surface area contributed by atoms with Gasteiger partial charge in [0.2, 0.25) is 11.8 Å². The molecule has 1 aromatic heterocycles. The predicted octanol–water partition coefficient (Wildman–Crippen LogP) is 1.87. The van der Waals surface area contributed by atoms with E-state index >= 15 is 0 Å². The average Bonchev–Trinajstić information content (AvgIpc) is 3.13. The largest absolute Gasteiger partial charge is 0.352 e. The topological polar surface area (TPSA) is 71.3 Å². The van der Waals surface area contributed by atoms with Crippen LogP contribution >= 0.6 is 0 Å². The second kappa shape index (κ2) is 6.77. The van der Waals surface area contributed by atoms with Crippen LogP contribution < -0.4 is 5.32 Å². The number of aromatic nitrogens is 2. The Balaban J connectivity index is 1.46. The van der Waals surface area contributed by atoms with Crippen LogP contribution in [0.5, 0.6) is 0 Å². The van der Waals surface area contributed by atoms with Crippen molar-refractivity contribution >= 4 is 5.91 Å². The van der Waals surface area contributed by atoms with Crippen LogP contribution in [0.15, 0.2) is 4.52 Å². The van der Waals surface area contributed by atoms with Gasteiger partial charge in [-0.15, -0.1) is 0 Å². The molecule has 0 radical (unpaired) electrons. The highest BCUT2D eigenvalue weighted by atomic mass is 16.5. The number of nitrogens with one attached hydrogen (secondary N) is 1. The number of hydrogen-bond donors (Lipinski definition) is 1. The zero-order chi connectivity index (χ0) is 15.5. The van der Waals surface area contributed by atoms with Crippen molar-refractivity contribution in [1.82, 2.24) is 20.4 Å². The van der Waals surface area contributed by atoms with Gasteiger partial charge in [0, 0.05) is 37.4 Å². The summed E-state index contributed by atoms with van der Waals surface area (Å²) in [6, 6.07) is 0.871. The van der Waals surface area contributed by atoms with Crippen LogP contribution in [0, 0.1) is 0 Å². The molecule has 0 spiro atoms. The number of hydrogen-bond acceptors (Lipinski definition) is 5. The molecule has 3 heterocycles. The first-order valence-corrected chi connectivity index (χ1v) is 8.49. The third kappa shape index (κ3) is 3.48. The van der Waals surface area contributed by atoms with E-state index in [-0.39, 0.29) is 11.8 Å². The lowest BCUT2D eigenvalue weighted by molar-refractivity contribution is -0.122. The van der Waals surface area contributed by atoms with Crippen LogP contribution in [0.25, 0.3) is 0 Å². The van der Waals surface area contributed by atoms with E-state index in [9.17, 15) is 4.79 Å². The summed E-state index contributed by atoms with van der Waals surface area (Å²) in [6.45, 7) is 6.36. The maximum atomic E-state index is 12.2. The molecule has 0 aromatic carbocycles. The number of fused-ring (bicyclic) bond motifs is 1. The number of aryl methyl sites for hydroxylation is 1. The Morgan fingerprint density at radius 3 is 3.00 bits per heavy atom. The van der Waals surface area contributed by atoms with Gasteiger partial charge in [-0.2, -0.15) is 4.98 Å². The standard InChI is InChI=1S/C16H26N4O2/c1-11(2)16-18-15(22-19-16)7-6-14(21)17-12-8-10-20-9-4-3-5-13(12)20/h11-13H,3-10H2,1-2H3,(H,17,21)/t12-,13+/m1/s1. The SMILES string of the molecule is CC(C)c1noc(CCC(=O)N[C@@H]2CCN3CCCC[C@@H]23)n1. The van der Waals surface area contributed by atoms with Gasteiger partial charge in [-0.05, 0) is 25.8 Å². The van der Waals surface area contributed by atoms with Crippen LogP contribution in [0.3, 0.4) is 0 Å². The minimum absolute atomic E-state index is 0.0988. The Morgan fingerprint density at radius 2 is 2.23 bits per heavy atom. The quantitative estimate of drug-likeness (QED) is 0.899. The lowest BCUT2D eigenvalue weighted by Crippen LogP contribution is -2.46. The highest BCUT2D eigenvalue weighted by Gasteiger charge is 2.36. The molecule has 0 bridgehead atoms. The third-order valence-corrected chi connectivity index (χ3v) is 4.77. The summed E-state index contributed by atoms with van der Waals surface area (Å²) < 4.78 is 5.18. The van der Waals surface area contributed by atoms with Crippen LogP contribution in [-0.4, -0.2) is 46.1 Å². The monoisotopic (exact) mass is 306 g/mol. The lowest BCUT2D eigenvalue weighted by atomic mass is 9.99. The van der Waals surface area contributed by atoms with Gasteiger partial charge >= 0.3 is 0 Å². The van der Waals surface area contributed by atoms with Crippen molar-refractivity contribution in [2.45, 2.75) is 70.4 Å². The van der Waals surface area contributed by atoms with Gasteiger partial charge in [0.15, 0.2) is 5.82 Å². The molecule has 3 rings (SSSR count). The minimum Gasteiger partial charge on any atom is -0.352 e. The van der Waals surface area contributed by atoms with E-state index in [1.165, 1.54) is 25.8 Å². The Kier molecular flexibility index (Phi) is 4.76. The summed E-state index contributed by atoms with van der Waals surface area (Å²) in [5.41, 5.74) is 0. The van der Waals surface area contributed by atoms with Gasteiger partial charge in [-0.1, -0.05) is 25.4 Å². The van der Waals surface area contributed by atoms with Crippen molar-refractivity contribution in [2.24, 2.45) is 0 Å². The van der Waals surface area contributed by atoms with Gasteiger partial charge in [-0.3, -0.25) is 9.69 Å². The highest BCUT2D eigenvalue weighted by molar-refractivity contribution is 5.76. The summed E-state index contributed by atoms with van der Waals surface area (Å²) in [5, 5.41) is 7.13. The van der Waals surface area contributed by atoms with E-state index in [0.29, 0.717) is 36.6 Å². The average molecular weight is 306 g/mol. The molecule has 22 heavy (non-hydrogen) atoms. The maximum Gasteiger partial charge on any atom is 0.227 e. The van der Waals surface area contributed by atoms with Gasteiger partial charge in [-0.25, -0.2) is 0 Å². The summed E-state index contributed by atoms with van der Waals surface area (Å²) in [5.74, 6) is 1.62. The molecule has 2 saturated heterocycles. The second-order valence-corrected chi connectivity index (χ2v) is 6.76. The molecular formula is C16H26N4O2. The smallest absolute Gasteiger partial charge is 0.227 e. The fourth-order valence-electron chi connectivity index (χ4n) is 3.52. The van der Waals surface area contributed by atoms with Crippen LogP contribution in [0.2, 0.25) is 0 Å². The Morgan fingerprint density at radius 1 is 1.36 bits per heavy atom.